The van der Waals surface area contributed by atoms with Gasteiger partial charge in [-0.2, -0.15) is 5.10 Å². The second kappa shape index (κ2) is 9.01. The zero-order valence-electron chi connectivity index (χ0n) is 16.5. The third-order valence-electron chi connectivity index (χ3n) is 4.50. The molecule has 0 radical (unpaired) electrons. The van der Waals surface area contributed by atoms with Gasteiger partial charge in [0.1, 0.15) is 23.9 Å². The monoisotopic (exact) mass is 440 g/mol. The van der Waals surface area contributed by atoms with Crippen molar-refractivity contribution in [2.75, 3.05) is 5.32 Å². The van der Waals surface area contributed by atoms with Crippen molar-refractivity contribution in [3.05, 3.63) is 94.3 Å². The lowest BCUT2D eigenvalue weighted by atomic mass is 10.2. The van der Waals surface area contributed by atoms with Crippen molar-refractivity contribution >= 4 is 23.2 Å². The first kappa shape index (κ1) is 20.6. The van der Waals surface area contributed by atoms with Crippen LogP contribution in [0, 0.1) is 12.7 Å². The van der Waals surface area contributed by atoms with Gasteiger partial charge in [-0.1, -0.05) is 35.0 Å². The number of halogens is 2. The summed E-state index contributed by atoms with van der Waals surface area (Å²) in [5.41, 5.74) is 1.89. The average Bonchev–Trinajstić information content (AvgIpc) is 3.32. The summed E-state index contributed by atoms with van der Waals surface area (Å²) in [5.74, 6) is 0.283. The lowest BCUT2D eigenvalue weighted by Crippen LogP contribution is -2.15. The number of anilines is 1. The Kier molecular flexibility index (Phi) is 5.99. The molecule has 1 N–H and O–H groups in total. The van der Waals surface area contributed by atoms with Crippen LogP contribution in [0.25, 0.3) is 0 Å². The predicted octanol–water partition coefficient (Wildman–Crippen LogP) is 4.85. The van der Waals surface area contributed by atoms with Crippen LogP contribution in [0.4, 0.5) is 10.1 Å². The van der Waals surface area contributed by atoms with Gasteiger partial charge >= 0.3 is 0 Å². The van der Waals surface area contributed by atoms with Gasteiger partial charge < -0.3 is 14.6 Å². The summed E-state index contributed by atoms with van der Waals surface area (Å²) in [6.45, 7) is 2.17. The molecule has 9 heteroatoms. The van der Waals surface area contributed by atoms with E-state index < -0.39 is 5.91 Å². The van der Waals surface area contributed by atoms with Crippen LogP contribution in [0.2, 0.25) is 5.02 Å². The van der Waals surface area contributed by atoms with Crippen LogP contribution in [0.15, 0.2) is 65.4 Å². The second-order valence-corrected chi connectivity index (χ2v) is 7.26. The van der Waals surface area contributed by atoms with Crippen molar-refractivity contribution in [3.8, 4) is 5.75 Å². The molecule has 0 fully saturated rings. The van der Waals surface area contributed by atoms with E-state index in [0.717, 1.165) is 5.56 Å². The van der Waals surface area contributed by atoms with Crippen molar-refractivity contribution in [2.24, 2.45) is 0 Å². The molecule has 0 aliphatic heterocycles. The molecule has 4 aromatic rings. The van der Waals surface area contributed by atoms with E-state index in [4.69, 9.17) is 20.9 Å². The Morgan fingerprint density at radius 1 is 1.26 bits per heavy atom. The summed E-state index contributed by atoms with van der Waals surface area (Å²) < 4.78 is 25.9. The molecule has 0 aliphatic rings. The second-order valence-electron chi connectivity index (χ2n) is 6.82. The topological polar surface area (TPSA) is 82.2 Å². The maximum absolute atomic E-state index is 13.3. The number of nitrogens with zero attached hydrogens (tertiary/aromatic N) is 3. The summed E-state index contributed by atoms with van der Waals surface area (Å²) in [4.78, 5) is 12.7. The van der Waals surface area contributed by atoms with Crippen LogP contribution in [0.3, 0.4) is 0 Å². The van der Waals surface area contributed by atoms with Crippen molar-refractivity contribution in [1.29, 1.82) is 0 Å². The van der Waals surface area contributed by atoms with Crippen molar-refractivity contribution in [1.82, 2.24) is 14.9 Å². The average molecular weight is 441 g/mol. The maximum atomic E-state index is 13.3. The number of amides is 1. The molecule has 0 bridgehead atoms. The number of hydrogen-bond donors (Lipinski definition) is 1. The summed E-state index contributed by atoms with van der Waals surface area (Å²) in [6.07, 6.45) is 3.16. The van der Waals surface area contributed by atoms with Crippen molar-refractivity contribution in [3.63, 3.8) is 0 Å². The summed E-state index contributed by atoms with van der Waals surface area (Å²) in [5, 5.41) is 11.4. The van der Waals surface area contributed by atoms with E-state index in [1.165, 1.54) is 18.3 Å². The Morgan fingerprint density at radius 3 is 2.90 bits per heavy atom. The van der Waals surface area contributed by atoms with Crippen LogP contribution in [0.1, 0.15) is 27.4 Å². The predicted molar refractivity (Wildman–Crippen MR) is 113 cm³/mol. The SMILES string of the molecule is Cc1onc(C(=O)Nc2cnn(Cc3cccc(F)c3)c2)c1COc1cccc(Cl)c1. The van der Waals surface area contributed by atoms with Gasteiger partial charge in [0.05, 0.1) is 24.0 Å². The van der Waals surface area contributed by atoms with Gasteiger partial charge in [-0.25, -0.2) is 4.39 Å². The van der Waals surface area contributed by atoms with Crippen LogP contribution in [-0.4, -0.2) is 20.8 Å². The van der Waals surface area contributed by atoms with Gasteiger partial charge in [-0.3, -0.25) is 9.48 Å². The van der Waals surface area contributed by atoms with E-state index in [0.29, 0.717) is 34.3 Å². The number of carbonyl (C=O) groups excluding carboxylic acids is 1. The number of rotatable bonds is 7. The van der Waals surface area contributed by atoms with Gasteiger partial charge in [0.15, 0.2) is 5.69 Å². The third-order valence-corrected chi connectivity index (χ3v) is 4.74. The molecule has 0 saturated heterocycles. The van der Waals surface area contributed by atoms with Gasteiger partial charge in [-0.05, 0) is 42.8 Å². The lowest BCUT2D eigenvalue weighted by Gasteiger charge is -2.07. The molecule has 0 atom stereocenters. The zero-order valence-corrected chi connectivity index (χ0v) is 17.3. The molecule has 1 amide bonds. The maximum Gasteiger partial charge on any atom is 0.278 e. The highest BCUT2D eigenvalue weighted by atomic mass is 35.5. The Bertz CT molecular complexity index is 1220. The highest BCUT2D eigenvalue weighted by Crippen LogP contribution is 2.21. The Labute approximate surface area is 182 Å². The van der Waals surface area contributed by atoms with E-state index >= 15 is 0 Å². The van der Waals surface area contributed by atoms with Gasteiger partial charge in [0.2, 0.25) is 0 Å². The Hall–Kier alpha value is -3.65. The first-order chi connectivity index (χ1) is 15.0. The number of hydrogen-bond acceptors (Lipinski definition) is 5. The summed E-state index contributed by atoms with van der Waals surface area (Å²) in [6, 6.07) is 13.2. The minimum atomic E-state index is -0.452. The molecule has 0 spiro atoms. The minimum Gasteiger partial charge on any atom is -0.489 e. The molecular weight excluding hydrogens is 423 g/mol. The molecule has 158 valence electrons. The smallest absolute Gasteiger partial charge is 0.278 e. The molecule has 2 aromatic heterocycles. The van der Waals surface area contributed by atoms with E-state index in [1.807, 2.05) is 0 Å². The molecule has 2 heterocycles. The van der Waals surface area contributed by atoms with E-state index in [2.05, 4.69) is 15.6 Å². The Morgan fingerprint density at radius 2 is 2.10 bits per heavy atom. The van der Waals surface area contributed by atoms with Gasteiger partial charge in [-0.15, -0.1) is 0 Å². The normalized spacial score (nSPS) is 10.8. The molecule has 0 aliphatic carbocycles. The van der Waals surface area contributed by atoms with Crippen LogP contribution < -0.4 is 10.1 Å². The zero-order chi connectivity index (χ0) is 21.8. The van der Waals surface area contributed by atoms with Crippen LogP contribution in [-0.2, 0) is 13.2 Å². The number of aromatic nitrogens is 3. The number of benzene rings is 2. The molecule has 0 saturated carbocycles. The standard InChI is InChI=1S/C22H18ClFN4O3/c1-14-20(13-30-19-7-3-5-16(23)9-19)21(27-31-14)22(29)26-18-10-25-28(12-18)11-15-4-2-6-17(24)8-15/h2-10,12H,11,13H2,1H3,(H,26,29). The number of carbonyl (C=O) groups is 1. The minimum absolute atomic E-state index is 0.0945. The highest BCUT2D eigenvalue weighted by Gasteiger charge is 2.21. The largest absolute Gasteiger partial charge is 0.489 e. The van der Waals surface area contributed by atoms with E-state index in [1.54, 1.807) is 54.2 Å². The lowest BCUT2D eigenvalue weighted by molar-refractivity contribution is 0.101. The number of ether oxygens (including phenoxy) is 1. The van der Waals surface area contributed by atoms with Crippen LogP contribution in [0.5, 0.6) is 5.75 Å². The van der Waals surface area contributed by atoms with Crippen LogP contribution >= 0.6 is 11.6 Å². The molecular formula is C22H18ClFN4O3. The first-order valence-electron chi connectivity index (χ1n) is 9.40. The van der Waals surface area contributed by atoms with E-state index in [9.17, 15) is 9.18 Å². The fourth-order valence-corrected chi connectivity index (χ4v) is 3.16. The van der Waals surface area contributed by atoms with Gasteiger partial charge in [0, 0.05) is 11.2 Å². The Balaban J connectivity index is 1.43. The third kappa shape index (κ3) is 5.10. The first-order valence-corrected chi connectivity index (χ1v) is 9.77. The molecule has 31 heavy (non-hydrogen) atoms. The number of nitrogens with one attached hydrogen (secondary N) is 1. The molecule has 7 nitrogen and oxygen atoms in total. The van der Waals surface area contributed by atoms with E-state index in [-0.39, 0.29) is 18.1 Å². The van der Waals surface area contributed by atoms with Crippen molar-refractivity contribution < 1.29 is 18.4 Å². The highest BCUT2D eigenvalue weighted by molar-refractivity contribution is 6.30. The number of aryl methyl sites for hydroxylation is 1. The fraction of sp³-hybridized carbons (Fsp3) is 0.136. The van der Waals surface area contributed by atoms with Crippen molar-refractivity contribution in [2.45, 2.75) is 20.1 Å². The molecule has 0 unspecified atom stereocenters. The summed E-state index contributed by atoms with van der Waals surface area (Å²) in [7, 11) is 0. The van der Waals surface area contributed by atoms with Gasteiger partial charge in [0.25, 0.3) is 5.91 Å². The fourth-order valence-electron chi connectivity index (χ4n) is 2.98. The molecule has 4 rings (SSSR count). The quantitative estimate of drug-likeness (QED) is 0.444. The summed E-state index contributed by atoms with van der Waals surface area (Å²) >= 11 is 5.97. The molecule has 2 aromatic carbocycles.